The van der Waals surface area contributed by atoms with Crippen LogP contribution >= 0.6 is 15.9 Å². The van der Waals surface area contributed by atoms with E-state index in [0.29, 0.717) is 5.69 Å². The first-order chi connectivity index (χ1) is 9.63. The van der Waals surface area contributed by atoms with Crippen LogP contribution in [-0.4, -0.2) is 4.98 Å². The fraction of sp³-hybridized carbons (Fsp3) is 0. The normalized spacial score (nSPS) is 10.8. The zero-order chi connectivity index (χ0) is 14.1. The SMILES string of the molecule is Fc1ccc(Nc2ccnc3ccc(Br)cc23)c(F)c1. The summed E-state index contributed by atoms with van der Waals surface area (Å²) in [7, 11) is 0. The summed E-state index contributed by atoms with van der Waals surface area (Å²) in [5.74, 6) is -1.24. The van der Waals surface area contributed by atoms with E-state index in [9.17, 15) is 8.78 Å². The number of pyridine rings is 1. The van der Waals surface area contributed by atoms with Crippen LogP contribution in [0.25, 0.3) is 10.9 Å². The van der Waals surface area contributed by atoms with Gasteiger partial charge in [-0.2, -0.15) is 0 Å². The largest absolute Gasteiger partial charge is 0.353 e. The summed E-state index contributed by atoms with van der Waals surface area (Å²) in [5, 5.41) is 3.82. The molecule has 2 nitrogen and oxygen atoms in total. The molecule has 0 spiro atoms. The van der Waals surface area contributed by atoms with E-state index >= 15 is 0 Å². The van der Waals surface area contributed by atoms with Crippen molar-refractivity contribution in [2.75, 3.05) is 5.32 Å². The van der Waals surface area contributed by atoms with Crippen molar-refractivity contribution in [1.29, 1.82) is 0 Å². The first kappa shape index (κ1) is 13.0. The number of halogens is 3. The van der Waals surface area contributed by atoms with Gasteiger partial charge in [0.05, 0.1) is 11.2 Å². The molecule has 0 unspecified atom stereocenters. The monoisotopic (exact) mass is 334 g/mol. The zero-order valence-corrected chi connectivity index (χ0v) is 11.8. The summed E-state index contributed by atoms with van der Waals surface area (Å²) in [5.41, 5.74) is 1.72. The minimum atomic E-state index is -0.634. The van der Waals surface area contributed by atoms with Crippen molar-refractivity contribution in [3.05, 3.63) is 64.8 Å². The number of hydrogen-bond donors (Lipinski definition) is 1. The van der Waals surface area contributed by atoms with Gasteiger partial charge in [0.2, 0.25) is 0 Å². The molecular formula is C15H9BrF2N2. The Labute approximate surface area is 122 Å². The topological polar surface area (TPSA) is 24.9 Å². The van der Waals surface area contributed by atoms with Gasteiger partial charge in [-0.15, -0.1) is 0 Å². The van der Waals surface area contributed by atoms with E-state index in [4.69, 9.17) is 0 Å². The lowest BCUT2D eigenvalue weighted by Crippen LogP contribution is -1.96. The van der Waals surface area contributed by atoms with Crippen LogP contribution in [0.5, 0.6) is 0 Å². The fourth-order valence-electron chi connectivity index (χ4n) is 1.96. The molecule has 5 heteroatoms. The lowest BCUT2D eigenvalue weighted by molar-refractivity contribution is 0.586. The van der Waals surface area contributed by atoms with Gasteiger partial charge in [0.25, 0.3) is 0 Å². The lowest BCUT2D eigenvalue weighted by Gasteiger charge is -2.10. The Bertz CT molecular complexity index is 790. The molecule has 2 aromatic carbocycles. The molecule has 3 rings (SSSR count). The third-order valence-corrected chi connectivity index (χ3v) is 3.40. The van der Waals surface area contributed by atoms with E-state index in [1.807, 2.05) is 18.2 Å². The number of nitrogens with one attached hydrogen (secondary N) is 1. The Morgan fingerprint density at radius 2 is 1.80 bits per heavy atom. The quantitative estimate of drug-likeness (QED) is 0.711. The van der Waals surface area contributed by atoms with E-state index in [-0.39, 0.29) is 5.69 Å². The number of rotatable bonds is 2. The first-order valence-electron chi connectivity index (χ1n) is 5.90. The summed E-state index contributed by atoms with van der Waals surface area (Å²) in [4.78, 5) is 4.25. The van der Waals surface area contributed by atoms with Crippen LogP contribution in [0.15, 0.2) is 53.1 Å². The molecule has 0 aliphatic carbocycles. The molecule has 3 aromatic rings. The van der Waals surface area contributed by atoms with E-state index in [1.165, 1.54) is 12.1 Å². The van der Waals surface area contributed by atoms with Gasteiger partial charge < -0.3 is 5.32 Å². The van der Waals surface area contributed by atoms with Crippen LogP contribution in [0.4, 0.5) is 20.2 Å². The highest BCUT2D eigenvalue weighted by atomic mass is 79.9. The number of nitrogens with zero attached hydrogens (tertiary/aromatic N) is 1. The zero-order valence-electron chi connectivity index (χ0n) is 10.2. The third-order valence-electron chi connectivity index (χ3n) is 2.90. The van der Waals surface area contributed by atoms with E-state index in [0.717, 1.165) is 21.4 Å². The van der Waals surface area contributed by atoms with Crippen LogP contribution in [0.3, 0.4) is 0 Å². The molecule has 0 amide bonds. The third kappa shape index (κ3) is 2.49. The minimum absolute atomic E-state index is 0.221. The summed E-state index contributed by atoms with van der Waals surface area (Å²) in [6.45, 7) is 0. The maximum Gasteiger partial charge on any atom is 0.149 e. The number of aromatic nitrogens is 1. The first-order valence-corrected chi connectivity index (χ1v) is 6.69. The minimum Gasteiger partial charge on any atom is -0.353 e. The Balaban J connectivity index is 2.08. The van der Waals surface area contributed by atoms with Crippen molar-refractivity contribution >= 4 is 38.2 Å². The Kier molecular flexibility index (Phi) is 3.36. The maximum atomic E-state index is 13.7. The molecule has 1 N–H and O–H groups in total. The molecule has 0 saturated carbocycles. The Morgan fingerprint density at radius 1 is 0.950 bits per heavy atom. The van der Waals surface area contributed by atoms with Crippen molar-refractivity contribution < 1.29 is 8.78 Å². The lowest BCUT2D eigenvalue weighted by atomic mass is 10.2. The van der Waals surface area contributed by atoms with Crippen LogP contribution in [0.2, 0.25) is 0 Å². The molecule has 0 fully saturated rings. The molecule has 0 aliphatic heterocycles. The summed E-state index contributed by atoms with van der Waals surface area (Å²) in [6, 6.07) is 10.8. The highest BCUT2D eigenvalue weighted by molar-refractivity contribution is 9.10. The predicted molar refractivity (Wildman–Crippen MR) is 79.1 cm³/mol. The van der Waals surface area contributed by atoms with Gasteiger partial charge >= 0.3 is 0 Å². The van der Waals surface area contributed by atoms with Gasteiger partial charge in [0.15, 0.2) is 0 Å². The highest BCUT2D eigenvalue weighted by Crippen LogP contribution is 2.28. The van der Waals surface area contributed by atoms with E-state index < -0.39 is 11.6 Å². The molecule has 1 aromatic heterocycles. The summed E-state index contributed by atoms with van der Waals surface area (Å²) >= 11 is 3.40. The average Bonchev–Trinajstić information content (AvgIpc) is 2.42. The summed E-state index contributed by atoms with van der Waals surface area (Å²) in [6.07, 6.45) is 1.64. The molecule has 0 atom stereocenters. The molecule has 1 heterocycles. The van der Waals surface area contributed by atoms with Gasteiger partial charge in [0, 0.05) is 27.8 Å². The number of fused-ring (bicyclic) bond motifs is 1. The molecule has 0 saturated heterocycles. The summed E-state index contributed by atoms with van der Waals surface area (Å²) < 4.78 is 27.5. The van der Waals surface area contributed by atoms with Crippen LogP contribution < -0.4 is 5.32 Å². The van der Waals surface area contributed by atoms with E-state index in [1.54, 1.807) is 12.3 Å². The molecule has 0 aliphatic rings. The van der Waals surface area contributed by atoms with Crippen LogP contribution in [-0.2, 0) is 0 Å². The number of benzene rings is 2. The van der Waals surface area contributed by atoms with Crippen molar-refractivity contribution in [2.24, 2.45) is 0 Å². The Hall–Kier alpha value is -2.01. The smallest absolute Gasteiger partial charge is 0.149 e. The second-order valence-electron chi connectivity index (χ2n) is 4.27. The maximum absolute atomic E-state index is 13.7. The number of anilines is 2. The predicted octanol–water partition coefficient (Wildman–Crippen LogP) is 5.02. The second kappa shape index (κ2) is 5.17. The van der Waals surface area contributed by atoms with E-state index in [2.05, 4.69) is 26.2 Å². The van der Waals surface area contributed by atoms with Gasteiger partial charge in [-0.3, -0.25) is 4.98 Å². The molecular weight excluding hydrogens is 326 g/mol. The van der Waals surface area contributed by atoms with Gasteiger partial charge in [-0.25, -0.2) is 8.78 Å². The number of hydrogen-bond acceptors (Lipinski definition) is 2. The average molecular weight is 335 g/mol. The van der Waals surface area contributed by atoms with Crippen molar-refractivity contribution in [3.63, 3.8) is 0 Å². The van der Waals surface area contributed by atoms with Gasteiger partial charge in [0.1, 0.15) is 11.6 Å². The van der Waals surface area contributed by atoms with Crippen LogP contribution in [0.1, 0.15) is 0 Å². The second-order valence-corrected chi connectivity index (χ2v) is 5.18. The van der Waals surface area contributed by atoms with Crippen molar-refractivity contribution in [3.8, 4) is 0 Å². The fourth-order valence-corrected chi connectivity index (χ4v) is 2.32. The molecule has 0 radical (unpaired) electrons. The molecule has 100 valence electrons. The van der Waals surface area contributed by atoms with Gasteiger partial charge in [-0.05, 0) is 36.4 Å². The molecule has 0 bridgehead atoms. The van der Waals surface area contributed by atoms with Crippen molar-refractivity contribution in [1.82, 2.24) is 4.98 Å². The van der Waals surface area contributed by atoms with Gasteiger partial charge in [-0.1, -0.05) is 15.9 Å². The standard InChI is InChI=1S/C15H9BrF2N2/c16-9-1-3-13-11(7-9)14(5-6-19-13)20-15-4-2-10(17)8-12(15)18/h1-8H,(H,19,20). The molecule has 20 heavy (non-hydrogen) atoms. The Morgan fingerprint density at radius 3 is 2.60 bits per heavy atom. The highest BCUT2D eigenvalue weighted by Gasteiger charge is 2.07. The van der Waals surface area contributed by atoms with Crippen LogP contribution in [0, 0.1) is 11.6 Å². The van der Waals surface area contributed by atoms with Crippen molar-refractivity contribution in [2.45, 2.75) is 0 Å².